The second kappa shape index (κ2) is 5.65. The Labute approximate surface area is 104 Å². The summed E-state index contributed by atoms with van der Waals surface area (Å²) in [6, 6.07) is 0. The Morgan fingerprint density at radius 1 is 1.24 bits per heavy atom. The molecule has 0 radical (unpaired) electrons. The molecule has 0 saturated carbocycles. The summed E-state index contributed by atoms with van der Waals surface area (Å²) in [7, 11) is 0. The molecular formula is C13H23N3O. The highest BCUT2D eigenvalue weighted by Crippen LogP contribution is 2.13. The molecule has 2 rings (SSSR count). The van der Waals surface area contributed by atoms with E-state index in [2.05, 4.69) is 17.1 Å². The van der Waals surface area contributed by atoms with Crippen LogP contribution in [0.4, 0.5) is 0 Å². The summed E-state index contributed by atoms with van der Waals surface area (Å²) in [5.74, 6) is 0.248. The normalized spacial score (nSPS) is 21.3. The van der Waals surface area contributed by atoms with E-state index in [-0.39, 0.29) is 5.91 Å². The van der Waals surface area contributed by atoms with Gasteiger partial charge in [-0.1, -0.05) is 6.92 Å². The molecule has 0 aromatic heterocycles. The molecule has 0 aromatic carbocycles. The molecule has 0 atom stereocenters. The van der Waals surface area contributed by atoms with Gasteiger partial charge in [-0.2, -0.15) is 0 Å². The van der Waals surface area contributed by atoms with Crippen molar-refractivity contribution in [2.24, 2.45) is 0 Å². The highest BCUT2D eigenvalue weighted by atomic mass is 16.2. The number of nitrogens with one attached hydrogen (secondary N) is 1. The third-order valence-electron chi connectivity index (χ3n) is 3.73. The van der Waals surface area contributed by atoms with Gasteiger partial charge in [0.15, 0.2) is 0 Å². The van der Waals surface area contributed by atoms with Crippen molar-refractivity contribution in [1.29, 1.82) is 0 Å². The summed E-state index contributed by atoms with van der Waals surface area (Å²) < 4.78 is 0. The van der Waals surface area contributed by atoms with E-state index in [1.807, 2.05) is 11.8 Å². The molecule has 17 heavy (non-hydrogen) atoms. The number of amides is 1. The Kier molecular flexibility index (Phi) is 4.18. The zero-order valence-corrected chi connectivity index (χ0v) is 11.0. The Hall–Kier alpha value is -0.870. The lowest BCUT2D eigenvalue weighted by molar-refractivity contribution is -0.128. The fraction of sp³-hybridized carbons (Fsp3) is 0.769. The lowest BCUT2D eigenvalue weighted by atomic mass is 10.0. The van der Waals surface area contributed by atoms with Gasteiger partial charge in [-0.3, -0.25) is 9.69 Å². The van der Waals surface area contributed by atoms with Crippen molar-refractivity contribution in [3.05, 3.63) is 11.1 Å². The van der Waals surface area contributed by atoms with Gasteiger partial charge in [0.1, 0.15) is 0 Å². The van der Waals surface area contributed by atoms with Crippen molar-refractivity contribution < 1.29 is 4.79 Å². The molecule has 2 heterocycles. The van der Waals surface area contributed by atoms with E-state index < -0.39 is 0 Å². The number of hydrogen-bond acceptors (Lipinski definition) is 3. The Morgan fingerprint density at radius 3 is 2.35 bits per heavy atom. The van der Waals surface area contributed by atoms with Crippen molar-refractivity contribution >= 4 is 5.91 Å². The molecule has 4 nitrogen and oxygen atoms in total. The summed E-state index contributed by atoms with van der Waals surface area (Å²) in [5.41, 5.74) is 2.25. The van der Waals surface area contributed by atoms with Gasteiger partial charge in [0.25, 0.3) is 0 Å². The Morgan fingerprint density at radius 2 is 1.88 bits per heavy atom. The van der Waals surface area contributed by atoms with E-state index >= 15 is 0 Å². The van der Waals surface area contributed by atoms with Crippen molar-refractivity contribution in [2.75, 3.05) is 45.8 Å². The molecule has 2 aliphatic rings. The maximum atomic E-state index is 12.2. The van der Waals surface area contributed by atoms with Gasteiger partial charge < -0.3 is 10.2 Å². The van der Waals surface area contributed by atoms with Crippen LogP contribution in [0.1, 0.15) is 20.3 Å². The molecule has 4 heteroatoms. The van der Waals surface area contributed by atoms with Crippen molar-refractivity contribution in [3.63, 3.8) is 0 Å². The number of nitrogens with zero attached hydrogens (tertiary/aromatic N) is 2. The summed E-state index contributed by atoms with van der Waals surface area (Å²) in [5, 5.41) is 3.19. The molecule has 2 fully saturated rings. The fourth-order valence-electron chi connectivity index (χ4n) is 2.39. The smallest absolute Gasteiger partial charge is 0.249 e. The minimum Gasteiger partial charge on any atom is -0.336 e. The lowest BCUT2D eigenvalue weighted by Gasteiger charge is -2.35. The first kappa shape index (κ1) is 12.6. The molecule has 1 N–H and O–H groups in total. The molecule has 0 unspecified atom stereocenters. The number of piperazine rings is 1. The predicted molar refractivity (Wildman–Crippen MR) is 68.9 cm³/mol. The van der Waals surface area contributed by atoms with Crippen LogP contribution in [0.2, 0.25) is 0 Å². The highest BCUT2D eigenvalue weighted by Gasteiger charge is 2.24. The topological polar surface area (TPSA) is 35.6 Å². The number of carbonyl (C=O) groups is 1. The van der Waals surface area contributed by atoms with Crippen LogP contribution in [-0.4, -0.2) is 61.5 Å². The van der Waals surface area contributed by atoms with Gasteiger partial charge in [0.2, 0.25) is 5.91 Å². The van der Waals surface area contributed by atoms with E-state index in [1.54, 1.807) is 0 Å². The highest BCUT2D eigenvalue weighted by molar-refractivity contribution is 5.94. The van der Waals surface area contributed by atoms with Crippen molar-refractivity contribution in [2.45, 2.75) is 20.3 Å². The van der Waals surface area contributed by atoms with Crippen molar-refractivity contribution in [3.8, 4) is 0 Å². The van der Waals surface area contributed by atoms with Crippen LogP contribution >= 0.6 is 0 Å². The predicted octanol–water partition coefficient (Wildman–Crippen LogP) is 0.460. The van der Waals surface area contributed by atoms with Crippen LogP contribution in [0.3, 0.4) is 0 Å². The SMILES string of the molecule is CCCN1CCN(C(=O)C(C)=C2CNC2)CC1. The minimum atomic E-state index is 0.248. The molecule has 0 spiro atoms. The number of hydrogen-bond donors (Lipinski definition) is 1. The minimum absolute atomic E-state index is 0.248. The van der Waals surface area contributed by atoms with Crippen LogP contribution in [0, 0.1) is 0 Å². The maximum absolute atomic E-state index is 12.2. The van der Waals surface area contributed by atoms with E-state index in [0.29, 0.717) is 0 Å². The largest absolute Gasteiger partial charge is 0.336 e. The molecule has 0 aliphatic carbocycles. The third-order valence-corrected chi connectivity index (χ3v) is 3.73. The first-order valence-corrected chi connectivity index (χ1v) is 6.63. The monoisotopic (exact) mass is 237 g/mol. The third kappa shape index (κ3) is 2.87. The van der Waals surface area contributed by atoms with Gasteiger partial charge in [-0.25, -0.2) is 0 Å². The van der Waals surface area contributed by atoms with Crippen LogP contribution in [0.25, 0.3) is 0 Å². The van der Waals surface area contributed by atoms with Gasteiger partial charge in [0, 0.05) is 44.8 Å². The molecule has 1 amide bonds. The van der Waals surface area contributed by atoms with E-state index in [0.717, 1.165) is 51.4 Å². The molecular weight excluding hydrogens is 214 g/mol. The van der Waals surface area contributed by atoms with Crippen LogP contribution in [0.5, 0.6) is 0 Å². The zero-order valence-electron chi connectivity index (χ0n) is 11.0. The lowest BCUT2D eigenvalue weighted by Crippen LogP contribution is -2.49. The molecule has 96 valence electrons. The number of rotatable bonds is 3. The summed E-state index contributed by atoms with van der Waals surface area (Å²) >= 11 is 0. The Bertz CT molecular complexity index is 311. The quantitative estimate of drug-likeness (QED) is 0.724. The molecule has 0 bridgehead atoms. The zero-order chi connectivity index (χ0) is 12.3. The van der Waals surface area contributed by atoms with E-state index in [4.69, 9.17) is 0 Å². The summed E-state index contributed by atoms with van der Waals surface area (Å²) in [6.07, 6.45) is 1.20. The van der Waals surface area contributed by atoms with Gasteiger partial charge in [-0.15, -0.1) is 0 Å². The first-order valence-electron chi connectivity index (χ1n) is 6.63. The van der Waals surface area contributed by atoms with Crippen LogP contribution < -0.4 is 5.32 Å². The van der Waals surface area contributed by atoms with Gasteiger partial charge in [-0.05, 0) is 25.5 Å². The Balaban J connectivity index is 1.86. The van der Waals surface area contributed by atoms with Crippen molar-refractivity contribution in [1.82, 2.24) is 15.1 Å². The first-order chi connectivity index (χ1) is 8.22. The second-order valence-electron chi connectivity index (χ2n) is 4.97. The molecule has 0 aromatic rings. The summed E-state index contributed by atoms with van der Waals surface area (Å²) in [4.78, 5) is 16.7. The standard InChI is InChI=1S/C13H23N3O/c1-3-4-15-5-7-16(8-6-15)13(17)11(2)12-9-14-10-12/h14H,3-10H2,1-2H3. The van der Waals surface area contributed by atoms with E-state index in [1.165, 1.54) is 12.0 Å². The van der Waals surface area contributed by atoms with Crippen LogP contribution in [-0.2, 0) is 4.79 Å². The van der Waals surface area contributed by atoms with Crippen LogP contribution in [0.15, 0.2) is 11.1 Å². The maximum Gasteiger partial charge on any atom is 0.249 e. The molecule has 2 saturated heterocycles. The fourth-order valence-corrected chi connectivity index (χ4v) is 2.39. The second-order valence-corrected chi connectivity index (χ2v) is 4.97. The molecule has 2 aliphatic heterocycles. The number of carbonyl (C=O) groups excluding carboxylic acids is 1. The van der Waals surface area contributed by atoms with Gasteiger partial charge in [0.05, 0.1) is 0 Å². The van der Waals surface area contributed by atoms with Gasteiger partial charge >= 0.3 is 0 Å². The van der Waals surface area contributed by atoms with E-state index in [9.17, 15) is 4.79 Å². The average molecular weight is 237 g/mol. The summed E-state index contributed by atoms with van der Waals surface area (Å²) in [6.45, 7) is 11.0. The average Bonchev–Trinajstić information content (AvgIpc) is 2.27.